The normalized spacial score (nSPS) is 14.9. The van der Waals surface area contributed by atoms with Gasteiger partial charge >= 0.3 is 0 Å². The van der Waals surface area contributed by atoms with Crippen LogP contribution in [0, 0.1) is 11.6 Å². The number of hydrogen-bond donors (Lipinski definition) is 1. The van der Waals surface area contributed by atoms with E-state index in [0.29, 0.717) is 13.0 Å². The van der Waals surface area contributed by atoms with Gasteiger partial charge in [-0.15, -0.1) is 0 Å². The molecule has 2 atom stereocenters. The number of hydrogen-bond acceptors (Lipinski definition) is 2. The molecule has 84 valence electrons. The van der Waals surface area contributed by atoms with E-state index in [0.717, 1.165) is 12.1 Å². The van der Waals surface area contributed by atoms with Crippen LogP contribution in [0.2, 0.25) is 0 Å². The predicted octanol–water partition coefficient (Wildman–Crippen LogP) is 1.81. The van der Waals surface area contributed by atoms with Gasteiger partial charge in [-0.1, -0.05) is 6.92 Å². The van der Waals surface area contributed by atoms with Crippen LogP contribution in [-0.4, -0.2) is 16.0 Å². The van der Waals surface area contributed by atoms with Gasteiger partial charge < -0.3 is 5.73 Å². The second kappa shape index (κ2) is 5.32. The number of benzene rings is 1. The minimum atomic E-state index is -1.47. The molecule has 0 saturated heterocycles. The average Bonchev–Trinajstić information content (AvgIpc) is 2.17. The maximum Gasteiger partial charge on any atom is 0.142 e. The van der Waals surface area contributed by atoms with Crippen molar-refractivity contribution in [2.45, 2.75) is 23.5 Å². The van der Waals surface area contributed by atoms with Crippen molar-refractivity contribution in [2.75, 3.05) is 6.54 Å². The molecule has 2 N–H and O–H groups in total. The minimum absolute atomic E-state index is 0.0392. The fourth-order valence-corrected chi connectivity index (χ4v) is 2.43. The summed E-state index contributed by atoms with van der Waals surface area (Å²) in [5.74, 6) is -1.43. The highest BCUT2D eigenvalue weighted by atomic mass is 32.2. The van der Waals surface area contributed by atoms with Gasteiger partial charge in [0.25, 0.3) is 0 Å². The van der Waals surface area contributed by atoms with Gasteiger partial charge in [0.15, 0.2) is 0 Å². The zero-order valence-corrected chi connectivity index (χ0v) is 9.19. The Balaban J connectivity index is 2.91. The molecule has 0 amide bonds. The molecular formula is C10H13F2NOS. The molecule has 1 rings (SSSR count). The van der Waals surface area contributed by atoms with Crippen LogP contribution in [-0.2, 0) is 10.8 Å². The first-order valence-electron chi connectivity index (χ1n) is 4.62. The second-order valence-corrected chi connectivity index (χ2v) is 5.10. The molecule has 5 heteroatoms. The standard InChI is InChI=1S/C10H13F2NOS/c1-7(4-5-13)15(14)10-3-2-8(11)6-9(10)12/h2-3,6-7H,4-5,13H2,1H3. The van der Waals surface area contributed by atoms with Gasteiger partial charge in [-0.25, -0.2) is 8.78 Å². The van der Waals surface area contributed by atoms with Gasteiger partial charge in [-0.2, -0.15) is 0 Å². The van der Waals surface area contributed by atoms with E-state index in [1.54, 1.807) is 6.92 Å². The Kier molecular flexibility index (Phi) is 4.35. The lowest BCUT2D eigenvalue weighted by Gasteiger charge is -2.10. The zero-order valence-electron chi connectivity index (χ0n) is 8.37. The first kappa shape index (κ1) is 12.3. The molecule has 0 aliphatic rings. The highest BCUT2D eigenvalue weighted by molar-refractivity contribution is 7.85. The van der Waals surface area contributed by atoms with Gasteiger partial charge in [0.2, 0.25) is 0 Å². The molecule has 0 saturated carbocycles. The van der Waals surface area contributed by atoms with Crippen molar-refractivity contribution in [3.8, 4) is 0 Å². The monoisotopic (exact) mass is 233 g/mol. The maximum atomic E-state index is 13.2. The van der Waals surface area contributed by atoms with Crippen LogP contribution in [0.3, 0.4) is 0 Å². The summed E-state index contributed by atoms with van der Waals surface area (Å²) in [4.78, 5) is 0.0392. The summed E-state index contributed by atoms with van der Waals surface area (Å²) in [6.07, 6.45) is 0.545. The molecule has 0 spiro atoms. The summed E-state index contributed by atoms with van der Waals surface area (Å²) in [5.41, 5.74) is 5.32. The smallest absolute Gasteiger partial charge is 0.142 e. The SMILES string of the molecule is CC(CCN)S(=O)c1ccc(F)cc1F. The van der Waals surface area contributed by atoms with E-state index in [4.69, 9.17) is 5.73 Å². The summed E-state index contributed by atoms with van der Waals surface area (Å²) in [7, 11) is -1.47. The van der Waals surface area contributed by atoms with E-state index in [1.807, 2.05) is 0 Å². The van der Waals surface area contributed by atoms with Crippen molar-refractivity contribution < 1.29 is 13.0 Å². The van der Waals surface area contributed by atoms with Crippen LogP contribution in [0.4, 0.5) is 8.78 Å². The van der Waals surface area contributed by atoms with Crippen molar-refractivity contribution in [2.24, 2.45) is 5.73 Å². The van der Waals surface area contributed by atoms with Crippen LogP contribution >= 0.6 is 0 Å². The minimum Gasteiger partial charge on any atom is -0.330 e. The zero-order chi connectivity index (χ0) is 11.4. The number of nitrogens with two attached hydrogens (primary N) is 1. The summed E-state index contributed by atoms with van der Waals surface area (Å²) in [5, 5.41) is -0.227. The molecule has 0 radical (unpaired) electrons. The van der Waals surface area contributed by atoms with E-state index in [2.05, 4.69) is 0 Å². The highest BCUT2D eigenvalue weighted by Gasteiger charge is 2.16. The van der Waals surface area contributed by atoms with Gasteiger partial charge in [0.1, 0.15) is 11.6 Å². The summed E-state index contributed by atoms with van der Waals surface area (Å²) < 4.78 is 37.6. The van der Waals surface area contributed by atoms with Crippen molar-refractivity contribution >= 4 is 10.8 Å². The van der Waals surface area contributed by atoms with E-state index < -0.39 is 22.4 Å². The van der Waals surface area contributed by atoms with E-state index in [1.165, 1.54) is 6.07 Å². The van der Waals surface area contributed by atoms with Gasteiger partial charge in [0.05, 0.1) is 15.7 Å². The van der Waals surface area contributed by atoms with Crippen LogP contribution < -0.4 is 5.73 Å². The Morgan fingerprint density at radius 3 is 2.67 bits per heavy atom. The van der Waals surface area contributed by atoms with Crippen molar-refractivity contribution in [1.82, 2.24) is 0 Å². The van der Waals surface area contributed by atoms with Crippen LogP contribution in [0.15, 0.2) is 23.1 Å². The molecular weight excluding hydrogens is 220 g/mol. The molecule has 1 aromatic carbocycles. The van der Waals surface area contributed by atoms with Gasteiger partial charge in [0, 0.05) is 11.3 Å². The Bertz CT molecular complexity index is 370. The van der Waals surface area contributed by atoms with Crippen molar-refractivity contribution in [1.29, 1.82) is 0 Å². The first-order chi connectivity index (χ1) is 7.06. The summed E-state index contributed by atoms with van der Waals surface area (Å²) in [6, 6.07) is 3.06. The largest absolute Gasteiger partial charge is 0.330 e. The quantitative estimate of drug-likeness (QED) is 0.861. The van der Waals surface area contributed by atoms with Gasteiger partial charge in [-0.3, -0.25) is 4.21 Å². The third-order valence-corrected chi connectivity index (χ3v) is 3.78. The lowest BCUT2D eigenvalue weighted by Crippen LogP contribution is -2.17. The molecule has 0 aliphatic carbocycles. The molecule has 15 heavy (non-hydrogen) atoms. The number of halogens is 2. The first-order valence-corrected chi connectivity index (χ1v) is 5.83. The Morgan fingerprint density at radius 1 is 1.47 bits per heavy atom. The third kappa shape index (κ3) is 3.07. The maximum absolute atomic E-state index is 13.2. The fraction of sp³-hybridized carbons (Fsp3) is 0.400. The molecule has 0 aliphatic heterocycles. The highest BCUT2D eigenvalue weighted by Crippen LogP contribution is 2.17. The predicted molar refractivity (Wildman–Crippen MR) is 55.9 cm³/mol. The summed E-state index contributed by atoms with van der Waals surface area (Å²) >= 11 is 0. The van der Waals surface area contributed by atoms with E-state index >= 15 is 0 Å². The Labute approximate surface area is 89.9 Å². The lowest BCUT2D eigenvalue weighted by atomic mass is 10.3. The molecule has 1 aromatic rings. The lowest BCUT2D eigenvalue weighted by molar-refractivity contribution is 0.561. The van der Waals surface area contributed by atoms with E-state index in [9.17, 15) is 13.0 Å². The molecule has 0 aromatic heterocycles. The second-order valence-electron chi connectivity index (χ2n) is 3.26. The van der Waals surface area contributed by atoms with Crippen LogP contribution in [0.5, 0.6) is 0 Å². The Morgan fingerprint density at radius 2 is 2.13 bits per heavy atom. The van der Waals surface area contributed by atoms with Gasteiger partial charge in [-0.05, 0) is 25.1 Å². The molecule has 2 nitrogen and oxygen atoms in total. The van der Waals surface area contributed by atoms with Crippen molar-refractivity contribution in [3.63, 3.8) is 0 Å². The van der Waals surface area contributed by atoms with Crippen LogP contribution in [0.1, 0.15) is 13.3 Å². The topological polar surface area (TPSA) is 43.1 Å². The number of rotatable bonds is 4. The van der Waals surface area contributed by atoms with E-state index in [-0.39, 0.29) is 10.1 Å². The Hall–Kier alpha value is -0.810. The fourth-order valence-electron chi connectivity index (χ4n) is 1.20. The van der Waals surface area contributed by atoms with Crippen LogP contribution in [0.25, 0.3) is 0 Å². The summed E-state index contributed by atoms with van der Waals surface area (Å²) in [6.45, 7) is 2.13. The molecule has 0 heterocycles. The molecule has 2 unspecified atom stereocenters. The average molecular weight is 233 g/mol. The van der Waals surface area contributed by atoms with Crippen molar-refractivity contribution in [3.05, 3.63) is 29.8 Å². The molecule has 0 bridgehead atoms. The third-order valence-electron chi connectivity index (χ3n) is 2.05. The molecule has 0 fully saturated rings.